The summed E-state index contributed by atoms with van der Waals surface area (Å²) in [7, 11) is -3.61. The molecule has 1 fully saturated rings. The van der Waals surface area contributed by atoms with E-state index in [9.17, 15) is 13.2 Å². The second kappa shape index (κ2) is 5.53. The van der Waals surface area contributed by atoms with E-state index in [0.717, 1.165) is 0 Å². The van der Waals surface area contributed by atoms with Crippen LogP contribution in [0.25, 0.3) is 0 Å². The van der Waals surface area contributed by atoms with Gasteiger partial charge in [-0.25, -0.2) is 13.1 Å². The zero-order valence-corrected chi connectivity index (χ0v) is 12.3. The predicted octanol–water partition coefficient (Wildman–Crippen LogP) is 0.948. The fourth-order valence-corrected chi connectivity index (χ4v) is 4.35. The number of aromatic amines is 1. The van der Waals surface area contributed by atoms with Gasteiger partial charge in [0.15, 0.2) is 0 Å². The molecule has 0 bridgehead atoms. The van der Waals surface area contributed by atoms with Gasteiger partial charge in [0, 0.05) is 6.04 Å². The molecule has 0 atom stereocenters. The molecule has 1 saturated carbocycles. The van der Waals surface area contributed by atoms with Crippen molar-refractivity contribution in [2.75, 3.05) is 0 Å². The lowest BCUT2D eigenvalue weighted by Crippen LogP contribution is -2.39. The maximum Gasteiger partial charge on any atom is 0.306 e. The van der Waals surface area contributed by atoms with Crippen LogP contribution in [0.4, 0.5) is 0 Å². The van der Waals surface area contributed by atoms with E-state index < -0.39 is 16.0 Å². The average Bonchev–Trinajstić information content (AvgIpc) is 2.69. The number of aromatic nitrogens is 2. The molecule has 20 heavy (non-hydrogen) atoms. The van der Waals surface area contributed by atoms with Crippen molar-refractivity contribution in [2.45, 2.75) is 50.5 Å². The van der Waals surface area contributed by atoms with Crippen molar-refractivity contribution in [3.8, 4) is 0 Å². The summed E-state index contributed by atoms with van der Waals surface area (Å²) < 4.78 is 27.3. The lowest BCUT2D eigenvalue weighted by atomic mass is 9.87. The first-order chi connectivity index (χ1) is 9.31. The molecule has 1 aliphatic rings. The molecule has 0 spiro atoms. The Morgan fingerprint density at radius 1 is 1.30 bits per heavy atom. The van der Waals surface area contributed by atoms with Crippen LogP contribution in [0, 0.1) is 19.8 Å². The maximum atomic E-state index is 12.3. The quantitative estimate of drug-likeness (QED) is 0.766. The van der Waals surface area contributed by atoms with Crippen LogP contribution in [-0.4, -0.2) is 35.7 Å². The normalized spacial score (nSPS) is 23.7. The summed E-state index contributed by atoms with van der Waals surface area (Å²) in [6.07, 6.45) is 2.11. The van der Waals surface area contributed by atoms with Gasteiger partial charge in [0.2, 0.25) is 10.0 Å². The van der Waals surface area contributed by atoms with E-state index in [4.69, 9.17) is 5.11 Å². The molecule has 3 N–H and O–H groups in total. The molecule has 112 valence electrons. The molecular formula is C12H19N3O4S. The highest BCUT2D eigenvalue weighted by Crippen LogP contribution is 2.26. The van der Waals surface area contributed by atoms with Crippen LogP contribution in [0.1, 0.15) is 37.1 Å². The number of carbonyl (C=O) groups is 1. The summed E-state index contributed by atoms with van der Waals surface area (Å²) in [5.41, 5.74) is 0.948. The molecule has 2 rings (SSSR count). The fraction of sp³-hybridized carbons (Fsp3) is 0.667. The molecule has 0 saturated heterocycles. The number of aryl methyl sites for hydroxylation is 2. The van der Waals surface area contributed by atoms with Crippen molar-refractivity contribution in [1.29, 1.82) is 0 Å². The van der Waals surface area contributed by atoms with Crippen LogP contribution in [0.15, 0.2) is 4.90 Å². The van der Waals surface area contributed by atoms with Crippen LogP contribution in [0.5, 0.6) is 0 Å². The van der Waals surface area contributed by atoms with Gasteiger partial charge in [0.05, 0.1) is 17.3 Å². The number of carboxylic acid groups (broad SMARTS) is 1. The molecule has 0 aromatic carbocycles. The van der Waals surface area contributed by atoms with Crippen molar-refractivity contribution >= 4 is 16.0 Å². The Hall–Kier alpha value is -1.41. The van der Waals surface area contributed by atoms with Gasteiger partial charge in [0.1, 0.15) is 4.90 Å². The van der Waals surface area contributed by atoms with Gasteiger partial charge in [-0.15, -0.1) is 0 Å². The largest absolute Gasteiger partial charge is 0.481 e. The summed E-state index contributed by atoms with van der Waals surface area (Å²) in [6, 6.07) is -0.204. The second-order valence-electron chi connectivity index (χ2n) is 5.27. The van der Waals surface area contributed by atoms with Gasteiger partial charge in [0.25, 0.3) is 0 Å². The van der Waals surface area contributed by atoms with Gasteiger partial charge >= 0.3 is 5.97 Å². The van der Waals surface area contributed by atoms with Crippen LogP contribution >= 0.6 is 0 Å². The number of nitrogens with one attached hydrogen (secondary N) is 2. The molecule has 0 radical (unpaired) electrons. The van der Waals surface area contributed by atoms with E-state index in [1.165, 1.54) is 0 Å². The number of hydrogen-bond acceptors (Lipinski definition) is 4. The van der Waals surface area contributed by atoms with E-state index in [0.29, 0.717) is 37.1 Å². The Morgan fingerprint density at radius 3 is 2.35 bits per heavy atom. The van der Waals surface area contributed by atoms with E-state index in [2.05, 4.69) is 14.9 Å². The number of H-pyrrole nitrogens is 1. The molecule has 0 amide bonds. The molecule has 1 heterocycles. The third-order valence-corrected chi connectivity index (χ3v) is 5.51. The zero-order valence-electron chi connectivity index (χ0n) is 11.5. The van der Waals surface area contributed by atoms with E-state index in [-0.39, 0.29) is 16.9 Å². The van der Waals surface area contributed by atoms with E-state index in [1.807, 2.05) is 0 Å². The summed E-state index contributed by atoms with van der Waals surface area (Å²) in [5.74, 6) is -1.15. The third-order valence-electron chi connectivity index (χ3n) is 3.73. The Balaban J connectivity index is 2.06. The molecule has 8 heteroatoms. The molecule has 1 aromatic rings. The lowest BCUT2D eigenvalue weighted by Gasteiger charge is -2.26. The van der Waals surface area contributed by atoms with Crippen molar-refractivity contribution in [1.82, 2.24) is 14.9 Å². The Bertz CT molecular complexity index is 581. The molecule has 0 unspecified atom stereocenters. The fourth-order valence-electron chi connectivity index (χ4n) is 2.67. The monoisotopic (exact) mass is 301 g/mol. The number of hydrogen-bond donors (Lipinski definition) is 3. The Kier molecular flexibility index (Phi) is 4.14. The molecule has 7 nitrogen and oxygen atoms in total. The molecular weight excluding hydrogens is 282 g/mol. The first kappa shape index (κ1) is 15.0. The standard InChI is InChI=1S/C12H19N3O4S/c1-7-11(8(2)14-13-7)20(18,19)15-10-5-3-9(4-6-10)12(16)17/h9-10,15H,3-6H2,1-2H3,(H,13,14)(H,16,17). The minimum Gasteiger partial charge on any atom is -0.481 e. The highest BCUT2D eigenvalue weighted by atomic mass is 32.2. The van der Waals surface area contributed by atoms with Crippen molar-refractivity contribution in [3.05, 3.63) is 11.4 Å². The van der Waals surface area contributed by atoms with Gasteiger partial charge < -0.3 is 5.11 Å². The van der Waals surface area contributed by atoms with Gasteiger partial charge in [-0.3, -0.25) is 9.89 Å². The number of carboxylic acids is 1. The predicted molar refractivity (Wildman–Crippen MR) is 71.8 cm³/mol. The first-order valence-electron chi connectivity index (χ1n) is 6.58. The maximum absolute atomic E-state index is 12.3. The van der Waals surface area contributed by atoms with Crippen LogP contribution in [-0.2, 0) is 14.8 Å². The first-order valence-corrected chi connectivity index (χ1v) is 8.06. The van der Waals surface area contributed by atoms with E-state index >= 15 is 0 Å². The number of nitrogens with zero attached hydrogens (tertiary/aromatic N) is 1. The lowest BCUT2D eigenvalue weighted by molar-refractivity contribution is -0.142. The minimum atomic E-state index is -3.61. The van der Waals surface area contributed by atoms with Gasteiger partial charge in [-0.05, 0) is 39.5 Å². The number of rotatable bonds is 4. The molecule has 1 aliphatic carbocycles. The molecule has 1 aromatic heterocycles. The highest BCUT2D eigenvalue weighted by molar-refractivity contribution is 7.89. The van der Waals surface area contributed by atoms with Crippen molar-refractivity contribution in [3.63, 3.8) is 0 Å². The number of aliphatic carboxylic acids is 1. The molecule has 0 aliphatic heterocycles. The summed E-state index contributed by atoms with van der Waals surface area (Å²) in [5, 5.41) is 15.5. The minimum absolute atomic E-state index is 0.192. The highest BCUT2D eigenvalue weighted by Gasteiger charge is 2.30. The summed E-state index contributed by atoms with van der Waals surface area (Å²) in [6.45, 7) is 3.30. The SMILES string of the molecule is Cc1n[nH]c(C)c1S(=O)(=O)NC1CCC(C(=O)O)CC1. The Labute approximate surface area is 117 Å². The van der Waals surface area contributed by atoms with Crippen molar-refractivity contribution in [2.24, 2.45) is 5.92 Å². The third kappa shape index (κ3) is 3.01. The summed E-state index contributed by atoms with van der Waals surface area (Å²) >= 11 is 0. The second-order valence-corrected chi connectivity index (χ2v) is 6.92. The van der Waals surface area contributed by atoms with Crippen LogP contribution in [0.3, 0.4) is 0 Å². The zero-order chi connectivity index (χ0) is 14.9. The van der Waals surface area contributed by atoms with Crippen molar-refractivity contribution < 1.29 is 18.3 Å². The van der Waals surface area contributed by atoms with E-state index in [1.54, 1.807) is 13.8 Å². The Morgan fingerprint density at radius 2 is 1.90 bits per heavy atom. The summed E-state index contributed by atoms with van der Waals surface area (Å²) in [4.78, 5) is 11.1. The average molecular weight is 301 g/mol. The van der Waals surface area contributed by atoms with Crippen LogP contribution < -0.4 is 4.72 Å². The smallest absolute Gasteiger partial charge is 0.306 e. The van der Waals surface area contributed by atoms with Gasteiger partial charge in [-0.1, -0.05) is 0 Å². The number of sulfonamides is 1. The van der Waals surface area contributed by atoms with Crippen LogP contribution in [0.2, 0.25) is 0 Å². The topological polar surface area (TPSA) is 112 Å². The van der Waals surface area contributed by atoms with Gasteiger partial charge in [-0.2, -0.15) is 5.10 Å².